The van der Waals surface area contributed by atoms with Gasteiger partial charge in [-0.05, 0) is 29.3 Å². The Morgan fingerprint density at radius 3 is 2.36 bits per heavy atom. The Hall–Kier alpha value is -2.94. The molecule has 108 valence electrons. The smallest absolute Gasteiger partial charge is 0.267 e. The first-order valence-corrected chi connectivity index (χ1v) is 7.13. The molecule has 3 nitrogen and oxygen atoms in total. The quantitative estimate of drug-likeness (QED) is 0.574. The van der Waals surface area contributed by atoms with Crippen LogP contribution >= 0.6 is 0 Å². The van der Waals surface area contributed by atoms with Gasteiger partial charge < -0.3 is 0 Å². The number of rotatable bonds is 3. The Morgan fingerprint density at radius 2 is 1.55 bits per heavy atom. The van der Waals surface area contributed by atoms with Gasteiger partial charge in [-0.3, -0.25) is 4.79 Å². The number of nitrogens with zero attached hydrogens (tertiary/aromatic N) is 1. The zero-order valence-electron chi connectivity index (χ0n) is 12.3. The minimum absolute atomic E-state index is 0.202. The van der Waals surface area contributed by atoms with E-state index in [2.05, 4.69) is 10.5 Å². The van der Waals surface area contributed by atoms with Crippen LogP contribution in [0.2, 0.25) is 0 Å². The number of hydrazone groups is 1. The van der Waals surface area contributed by atoms with E-state index in [-0.39, 0.29) is 5.91 Å². The van der Waals surface area contributed by atoms with E-state index in [1.54, 1.807) is 0 Å². The molecule has 0 aliphatic rings. The topological polar surface area (TPSA) is 41.5 Å². The first-order chi connectivity index (χ1) is 10.8. The summed E-state index contributed by atoms with van der Waals surface area (Å²) in [5, 5.41) is 6.16. The van der Waals surface area contributed by atoms with Crippen LogP contribution in [0.3, 0.4) is 0 Å². The monoisotopic (exact) mass is 288 g/mol. The summed E-state index contributed by atoms with van der Waals surface area (Å²) in [7, 11) is 0. The van der Waals surface area contributed by atoms with Crippen LogP contribution in [-0.2, 0) is 0 Å². The van der Waals surface area contributed by atoms with E-state index in [1.807, 2.05) is 79.7 Å². The minimum Gasteiger partial charge on any atom is -0.267 e. The van der Waals surface area contributed by atoms with Crippen LogP contribution in [0.15, 0.2) is 77.9 Å². The third kappa shape index (κ3) is 2.88. The molecule has 0 aliphatic carbocycles. The summed E-state index contributed by atoms with van der Waals surface area (Å²) in [4.78, 5) is 12.4. The predicted molar refractivity (Wildman–Crippen MR) is 90.1 cm³/mol. The molecule has 22 heavy (non-hydrogen) atoms. The summed E-state index contributed by atoms with van der Waals surface area (Å²) < 4.78 is 0. The number of hydrogen-bond donors (Lipinski definition) is 1. The SMILES string of the molecule is CC(=NNC(=O)c1cccc2ccccc12)c1ccccc1. The van der Waals surface area contributed by atoms with Gasteiger partial charge in [0.25, 0.3) is 5.91 Å². The van der Waals surface area contributed by atoms with Crippen LogP contribution in [0, 0.1) is 0 Å². The molecule has 0 fully saturated rings. The molecule has 1 amide bonds. The Labute approximate surface area is 129 Å². The molecule has 3 aromatic carbocycles. The van der Waals surface area contributed by atoms with Gasteiger partial charge in [-0.1, -0.05) is 66.7 Å². The molecule has 1 N–H and O–H groups in total. The van der Waals surface area contributed by atoms with Crippen molar-refractivity contribution < 1.29 is 4.79 Å². The summed E-state index contributed by atoms with van der Waals surface area (Å²) in [5.41, 5.74) is 5.03. The Kier molecular flexibility index (Phi) is 3.97. The third-order valence-electron chi connectivity index (χ3n) is 3.55. The lowest BCUT2D eigenvalue weighted by atomic mass is 10.0. The van der Waals surface area contributed by atoms with Crippen LogP contribution in [0.5, 0.6) is 0 Å². The summed E-state index contributed by atoms with van der Waals surface area (Å²) in [6.07, 6.45) is 0. The molecule has 0 unspecified atom stereocenters. The first-order valence-electron chi connectivity index (χ1n) is 7.13. The van der Waals surface area contributed by atoms with E-state index < -0.39 is 0 Å². The van der Waals surface area contributed by atoms with E-state index in [0.717, 1.165) is 22.0 Å². The zero-order chi connectivity index (χ0) is 15.4. The van der Waals surface area contributed by atoms with Crippen LogP contribution in [-0.4, -0.2) is 11.6 Å². The van der Waals surface area contributed by atoms with E-state index in [0.29, 0.717) is 5.56 Å². The lowest BCUT2D eigenvalue weighted by molar-refractivity contribution is 0.0956. The highest BCUT2D eigenvalue weighted by Gasteiger charge is 2.08. The van der Waals surface area contributed by atoms with Crippen LogP contribution in [0.1, 0.15) is 22.8 Å². The molecule has 0 atom stereocenters. The zero-order valence-corrected chi connectivity index (χ0v) is 12.3. The molecule has 0 aliphatic heterocycles. The van der Waals surface area contributed by atoms with Crippen molar-refractivity contribution >= 4 is 22.4 Å². The van der Waals surface area contributed by atoms with Gasteiger partial charge in [0.2, 0.25) is 0 Å². The maximum absolute atomic E-state index is 12.4. The number of amides is 1. The molecular weight excluding hydrogens is 272 g/mol. The number of hydrogen-bond acceptors (Lipinski definition) is 2. The first kappa shape index (κ1) is 14.0. The number of benzene rings is 3. The summed E-state index contributed by atoms with van der Waals surface area (Å²) in [6.45, 7) is 1.87. The van der Waals surface area contributed by atoms with Crippen molar-refractivity contribution in [1.82, 2.24) is 5.43 Å². The van der Waals surface area contributed by atoms with Crippen LogP contribution in [0.4, 0.5) is 0 Å². The number of fused-ring (bicyclic) bond motifs is 1. The van der Waals surface area contributed by atoms with Gasteiger partial charge >= 0.3 is 0 Å². The highest BCUT2D eigenvalue weighted by molar-refractivity contribution is 6.07. The van der Waals surface area contributed by atoms with Crippen molar-refractivity contribution in [1.29, 1.82) is 0 Å². The van der Waals surface area contributed by atoms with Crippen molar-refractivity contribution in [2.75, 3.05) is 0 Å². The van der Waals surface area contributed by atoms with Gasteiger partial charge in [-0.2, -0.15) is 5.10 Å². The van der Waals surface area contributed by atoms with Gasteiger partial charge in [0.15, 0.2) is 0 Å². The molecular formula is C19H16N2O. The van der Waals surface area contributed by atoms with Crippen molar-refractivity contribution in [3.05, 3.63) is 83.9 Å². The molecule has 3 heteroatoms. The molecule has 0 heterocycles. The van der Waals surface area contributed by atoms with E-state index in [1.165, 1.54) is 0 Å². The summed E-state index contributed by atoms with van der Waals surface area (Å²) in [6, 6.07) is 23.3. The standard InChI is InChI=1S/C19H16N2O/c1-14(15-8-3-2-4-9-15)20-21-19(22)18-13-7-11-16-10-5-6-12-17(16)18/h2-13H,1H3,(H,21,22). The Balaban J connectivity index is 1.85. The second kappa shape index (κ2) is 6.22. The van der Waals surface area contributed by atoms with E-state index in [9.17, 15) is 4.79 Å². The minimum atomic E-state index is -0.202. The largest absolute Gasteiger partial charge is 0.272 e. The average molecular weight is 288 g/mol. The summed E-state index contributed by atoms with van der Waals surface area (Å²) in [5.74, 6) is -0.202. The second-order valence-corrected chi connectivity index (χ2v) is 5.03. The molecule has 3 rings (SSSR count). The number of nitrogens with one attached hydrogen (secondary N) is 1. The maximum Gasteiger partial charge on any atom is 0.272 e. The van der Waals surface area contributed by atoms with Crippen molar-refractivity contribution in [2.24, 2.45) is 5.10 Å². The van der Waals surface area contributed by atoms with Gasteiger partial charge in [-0.25, -0.2) is 5.43 Å². The van der Waals surface area contributed by atoms with Gasteiger partial charge in [0.05, 0.1) is 5.71 Å². The molecule has 0 saturated heterocycles. The molecule has 3 aromatic rings. The number of carbonyl (C=O) groups excluding carboxylic acids is 1. The normalized spacial score (nSPS) is 11.4. The van der Waals surface area contributed by atoms with Crippen molar-refractivity contribution in [2.45, 2.75) is 6.92 Å². The van der Waals surface area contributed by atoms with Crippen molar-refractivity contribution in [3.8, 4) is 0 Å². The molecule has 0 aromatic heterocycles. The average Bonchev–Trinajstić information content (AvgIpc) is 2.59. The summed E-state index contributed by atoms with van der Waals surface area (Å²) >= 11 is 0. The number of carbonyl (C=O) groups is 1. The molecule has 0 spiro atoms. The lowest BCUT2D eigenvalue weighted by Gasteiger charge is -2.06. The van der Waals surface area contributed by atoms with Gasteiger partial charge in [0, 0.05) is 5.56 Å². The second-order valence-electron chi connectivity index (χ2n) is 5.03. The van der Waals surface area contributed by atoms with E-state index >= 15 is 0 Å². The van der Waals surface area contributed by atoms with E-state index in [4.69, 9.17) is 0 Å². The highest BCUT2D eigenvalue weighted by atomic mass is 16.2. The molecule has 0 bridgehead atoms. The predicted octanol–water partition coefficient (Wildman–Crippen LogP) is 3.99. The van der Waals surface area contributed by atoms with Crippen LogP contribution < -0.4 is 5.43 Å². The molecule has 0 radical (unpaired) electrons. The Morgan fingerprint density at radius 1 is 0.864 bits per heavy atom. The highest BCUT2D eigenvalue weighted by Crippen LogP contribution is 2.18. The third-order valence-corrected chi connectivity index (χ3v) is 3.55. The Bertz CT molecular complexity index is 833. The van der Waals surface area contributed by atoms with Gasteiger partial charge in [-0.15, -0.1) is 0 Å². The maximum atomic E-state index is 12.4. The lowest BCUT2D eigenvalue weighted by Crippen LogP contribution is -2.19. The van der Waals surface area contributed by atoms with Crippen molar-refractivity contribution in [3.63, 3.8) is 0 Å². The van der Waals surface area contributed by atoms with Gasteiger partial charge in [0.1, 0.15) is 0 Å². The fourth-order valence-corrected chi connectivity index (χ4v) is 2.36. The fourth-order valence-electron chi connectivity index (χ4n) is 2.36. The molecule has 0 saturated carbocycles. The fraction of sp³-hybridized carbons (Fsp3) is 0.0526. The van der Waals surface area contributed by atoms with Crippen LogP contribution in [0.25, 0.3) is 10.8 Å².